The Kier molecular flexibility index (Phi) is 5.93. The average Bonchev–Trinajstić information content (AvgIpc) is 2.55. The molecule has 1 unspecified atom stereocenters. The summed E-state index contributed by atoms with van der Waals surface area (Å²) < 4.78 is 27.7. The van der Waals surface area contributed by atoms with Crippen molar-refractivity contribution in [3.8, 4) is 6.07 Å². The van der Waals surface area contributed by atoms with Gasteiger partial charge in [0.15, 0.2) is 0 Å². The van der Waals surface area contributed by atoms with Crippen LogP contribution < -0.4 is 4.72 Å². The van der Waals surface area contributed by atoms with Gasteiger partial charge in [-0.05, 0) is 71.0 Å². The van der Waals surface area contributed by atoms with Gasteiger partial charge in [0.25, 0.3) is 0 Å². The van der Waals surface area contributed by atoms with Gasteiger partial charge < -0.3 is 5.11 Å². The number of benzene rings is 2. The Bertz CT molecular complexity index is 872. The summed E-state index contributed by atoms with van der Waals surface area (Å²) in [5, 5.41) is 18.1. The summed E-state index contributed by atoms with van der Waals surface area (Å²) in [6, 6.07) is 13.1. The van der Waals surface area contributed by atoms with E-state index in [1.165, 1.54) is 12.1 Å². The Morgan fingerprint density at radius 1 is 1.17 bits per heavy atom. The molecule has 0 aliphatic rings. The molecule has 0 heterocycles. The maximum Gasteiger partial charge on any atom is 0.322 e. The molecule has 24 heavy (non-hydrogen) atoms. The molecule has 8 heteroatoms. The highest BCUT2D eigenvalue weighted by Gasteiger charge is 2.25. The summed E-state index contributed by atoms with van der Waals surface area (Å²) >= 11 is 2.05. The topological polar surface area (TPSA) is 107 Å². The molecule has 0 aliphatic heterocycles. The molecule has 0 aromatic heterocycles. The summed E-state index contributed by atoms with van der Waals surface area (Å²) in [7, 11) is -3.94. The maximum absolute atomic E-state index is 12.3. The van der Waals surface area contributed by atoms with Gasteiger partial charge in [0, 0.05) is 3.57 Å². The van der Waals surface area contributed by atoms with Crippen molar-refractivity contribution in [3.05, 3.63) is 63.2 Å². The number of sulfonamides is 1. The van der Waals surface area contributed by atoms with Crippen molar-refractivity contribution in [1.82, 2.24) is 4.72 Å². The van der Waals surface area contributed by atoms with Gasteiger partial charge in [-0.3, -0.25) is 4.79 Å². The molecule has 2 N–H and O–H groups in total. The quantitative estimate of drug-likeness (QED) is 0.648. The number of aliphatic carboxylic acids is 1. The van der Waals surface area contributed by atoms with E-state index in [1.54, 1.807) is 36.4 Å². The molecule has 124 valence electrons. The van der Waals surface area contributed by atoms with Gasteiger partial charge in [0.2, 0.25) is 10.0 Å². The zero-order valence-corrected chi connectivity index (χ0v) is 15.3. The average molecular weight is 456 g/mol. The van der Waals surface area contributed by atoms with Crippen molar-refractivity contribution < 1.29 is 18.3 Å². The number of hydrogen-bond acceptors (Lipinski definition) is 4. The largest absolute Gasteiger partial charge is 0.480 e. The molecule has 0 saturated heterocycles. The lowest BCUT2D eigenvalue weighted by Crippen LogP contribution is -2.42. The lowest BCUT2D eigenvalue weighted by Gasteiger charge is -2.15. The van der Waals surface area contributed by atoms with E-state index in [1.807, 2.05) is 28.7 Å². The molecule has 2 aromatic carbocycles. The number of rotatable bonds is 6. The van der Waals surface area contributed by atoms with E-state index >= 15 is 0 Å². The van der Waals surface area contributed by atoms with Gasteiger partial charge in [0.05, 0.1) is 16.5 Å². The Labute approximate surface area is 153 Å². The number of nitrogens with zero attached hydrogens (tertiary/aromatic N) is 1. The molecule has 0 spiro atoms. The van der Waals surface area contributed by atoms with Crippen molar-refractivity contribution in [1.29, 1.82) is 5.26 Å². The number of carbonyl (C=O) groups is 1. The fourth-order valence-electron chi connectivity index (χ4n) is 2.00. The molecule has 2 rings (SSSR count). The van der Waals surface area contributed by atoms with E-state index in [0.29, 0.717) is 11.1 Å². The molecule has 0 fully saturated rings. The highest BCUT2D eigenvalue weighted by Crippen LogP contribution is 2.14. The summed E-state index contributed by atoms with van der Waals surface area (Å²) in [5.41, 5.74) is 1.07. The Morgan fingerprint density at radius 3 is 2.25 bits per heavy atom. The number of nitriles is 1. The molecular weight excluding hydrogens is 443 g/mol. The lowest BCUT2D eigenvalue weighted by molar-refractivity contribution is -0.138. The molecule has 0 radical (unpaired) electrons. The molecule has 6 nitrogen and oxygen atoms in total. The number of halogens is 1. The van der Waals surface area contributed by atoms with Gasteiger partial charge in [-0.25, -0.2) is 8.42 Å². The lowest BCUT2D eigenvalue weighted by atomic mass is 10.1. The standard InChI is InChI=1S/C16H13IN2O4S/c17-13-5-7-14(8-6-13)24(22,23)19-15(16(20)21)9-11-1-3-12(10-18)4-2-11/h1-8,15,19H,9H2,(H,20,21). The molecule has 2 aromatic rings. The zero-order valence-electron chi connectivity index (χ0n) is 12.3. The minimum Gasteiger partial charge on any atom is -0.480 e. The smallest absolute Gasteiger partial charge is 0.322 e. The van der Waals surface area contributed by atoms with Crippen LogP contribution >= 0.6 is 22.6 Å². The van der Waals surface area contributed by atoms with Crippen molar-refractivity contribution >= 4 is 38.6 Å². The molecular formula is C16H13IN2O4S. The molecule has 0 saturated carbocycles. The summed E-state index contributed by atoms with van der Waals surface area (Å²) in [6.45, 7) is 0. The first-order valence-electron chi connectivity index (χ1n) is 6.81. The van der Waals surface area contributed by atoms with E-state index in [0.717, 1.165) is 3.57 Å². The SMILES string of the molecule is N#Cc1ccc(CC(NS(=O)(=O)c2ccc(I)cc2)C(=O)O)cc1. The Morgan fingerprint density at radius 2 is 1.75 bits per heavy atom. The van der Waals surface area contributed by atoms with E-state index < -0.39 is 22.0 Å². The highest BCUT2D eigenvalue weighted by molar-refractivity contribution is 14.1. The van der Waals surface area contributed by atoms with Crippen LogP contribution in [0.25, 0.3) is 0 Å². The third-order valence-corrected chi connectivity index (χ3v) is 5.45. The van der Waals surface area contributed by atoms with Crippen LogP contribution in [-0.2, 0) is 21.2 Å². The van der Waals surface area contributed by atoms with Crippen LogP contribution in [0.15, 0.2) is 53.4 Å². The second kappa shape index (κ2) is 7.74. The van der Waals surface area contributed by atoms with Gasteiger partial charge in [-0.15, -0.1) is 0 Å². The van der Waals surface area contributed by atoms with Crippen LogP contribution in [0, 0.1) is 14.9 Å². The second-order valence-electron chi connectivity index (χ2n) is 4.98. The van der Waals surface area contributed by atoms with Gasteiger partial charge in [-0.2, -0.15) is 9.98 Å². The summed E-state index contributed by atoms with van der Waals surface area (Å²) in [6.07, 6.45) is -0.0232. The fourth-order valence-corrected chi connectivity index (χ4v) is 3.55. The van der Waals surface area contributed by atoms with E-state index in [9.17, 15) is 18.3 Å². The number of hydrogen-bond donors (Lipinski definition) is 2. The van der Waals surface area contributed by atoms with Crippen LogP contribution in [0.4, 0.5) is 0 Å². The summed E-state index contributed by atoms with van der Waals surface area (Å²) in [4.78, 5) is 11.4. The first-order chi connectivity index (χ1) is 11.3. The van der Waals surface area contributed by atoms with Gasteiger partial charge in [-0.1, -0.05) is 12.1 Å². The van der Waals surface area contributed by atoms with Gasteiger partial charge >= 0.3 is 5.97 Å². The van der Waals surface area contributed by atoms with Crippen molar-refractivity contribution in [3.63, 3.8) is 0 Å². The van der Waals surface area contributed by atoms with Crippen molar-refractivity contribution in [2.75, 3.05) is 0 Å². The Hall–Kier alpha value is -1.96. The van der Waals surface area contributed by atoms with E-state index in [-0.39, 0.29) is 11.3 Å². The maximum atomic E-state index is 12.3. The molecule has 1 atom stereocenters. The van der Waals surface area contributed by atoms with E-state index in [4.69, 9.17) is 5.26 Å². The van der Waals surface area contributed by atoms with Crippen LogP contribution in [0.3, 0.4) is 0 Å². The van der Waals surface area contributed by atoms with Crippen LogP contribution in [0.2, 0.25) is 0 Å². The normalized spacial score (nSPS) is 12.3. The molecule has 0 bridgehead atoms. The number of carboxylic acids is 1. The van der Waals surface area contributed by atoms with Crippen molar-refractivity contribution in [2.24, 2.45) is 0 Å². The highest BCUT2D eigenvalue weighted by atomic mass is 127. The minimum absolute atomic E-state index is 0.00833. The third kappa shape index (κ3) is 4.77. The third-order valence-electron chi connectivity index (χ3n) is 3.24. The van der Waals surface area contributed by atoms with Crippen LogP contribution in [0.1, 0.15) is 11.1 Å². The van der Waals surface area contributed by atoms with Crippen LogP contribution in [0.5, 0.6) is 0 Å². The predicted octanol–water partition coefficient (Wildman–Crippen LogP) is 2.14. The number of carboxylic acid groups (broad SMARTS) is 1. The molecule has 0 aliphatic carbocycles. The Balaban J connectivity index is 2.20. The van der Waals surface area contributed by atoms with Crippen molar-refractivity contribution in [2.45, 2.75) is 17.4 Å². The zero-order chi connectivity index (χ0) is 17.7. The summed E-state index contributed by atoms with van der Waals surface area (Å²) in [5.74, 6) is -1.27. The van der Waals surface area contributed by atoms with Crippen LogP contribution in [-0.4, -0.2) is 25.5 Å². The fraction of sp³-hybridized carbons (Fsp3) is 0.125. The first kappa shape index (κ1) is 18.4. The minimum atomic E-state index is -3.94. The number of nitrogens with one attached hydrogen (secondary N) is 1. The predicted molar refractivity (Wildman–Crippen MR) is 95.8 cm³/mol. The first-order valence-corrected chi connectivity index (χ1v) is 9.38. The van der Waals surface area contributed by atoms with E-state index in [2.05, 4.69) is 4.72 Å². The molecule has 0 amide bonds. The second-order valence-corrected chi connectivity index (χ2v) is 7.94. The monoisotopic (exact) mass is 456 g/mol. The van der Waals surface area contributed by atoms with Gasteiger partial charge in [0.1, 0.15) is 6.04 Å².